The van der Waals surface area contributed by atoms with Crippen molar-refractivity contribution in [2.24, 2.45) is 0 Å². The molecule has 0 bridgehead atoms. The number of ether oxygens (including phenoxy) is 3. The van der Waals surface area contributed by atoms with Gasteiger partial charge in [0, 0.05) is 21.8 Å². The van der Waals surface area contributed by atoms with E-state index in [1.165, 1.54) is 6.07 Å². The maximum atomic E-state index is 13.6. The highest BCUT2D eigenvalue weighted by Crippen LogP contribution is 2.35. The van der Waals surface area contributed by atoms with Gasteiger partial charge in [0.2, 0.25) is 0 Å². The second kappa shape index (κ2) is 9.61. The number of carbonyl (C=O) groups excluding carboxylic acids is 1. The van der Waals surface area contributed by atoms with E-state index in [0.29, 0.717) is 31.6 Å². The lowest BCUT2D eigenvalue weighted by molar-refractivity contribution is 0.0200. The van der Waals surface area contributed by atoms with Crippen molar-refractivity contribution in [3.05, 3.63) is 35.4 Å². The number of benzene rings is 1. The zero-order valence-corrected chi connectivity index (χ0v) is 17.4. The van der Waals surface area contributed by atoms with Crippen molar-refractivity contribution >= 4 is 14.2 Å². The van der Waals surface area contributed by atoms with E-state index in [9.17, 15) is 13.6 Å². The Morgan fingerprint density at radius 3 is 2.63 bits per heavy atom. The van der Waals surface area contributed by atoms with Crippen molar-refractivity contribution < 1.29 is 27.8 Å². The molecule has 1 aliphatic rings. The molecule has 152 valence electrons. The fourth-order valence-electron chi connectivity index (χ4n) is 2.98. The van der Waals surface area contributed by atoms with E-state index in [2.05, 4.69) is 25.0 Å². The summed E-state index contributed by atoms with van der Waals surface area (Å²) in [7, 11) is 0.312. The van der Waals surface area contributed by atoms with Gasteiger partial charge >= 0.3 is 6.09 Å². The van der Waals surface area contributed by atoms with E-state index in [-0.39, 0.29) is 12.1 Å². The van der Waals surface area contributed by atoms with Crippen LogP contribution in [0.1, 0.15) is 24.5 Å². The topological polar surface area (TPSA) is 56.8 Å². The predicted octanol–water partition coefficient (Wildman–Crippen LogP) is 4.26. The van der Waals surface area contributed by atoms with Gasteiger partial charge in [0.1, 0.15) is 6.10 Å². The fourth-order valence-corrected chi connectivity index (χ4v) is 3.69. The molecule has 0 aliphatic carbocycles. The number of methoxy groups -OCH3 is 1. The average Bonchev–Trinajstić information content (AvgIpc) is 2.97. The number of carbonyl (C=O) groups is 1. The highest BCUT2D eigenvalue weighted by molar-refractivity contribution is 6.76. The SMILES string of the molecule is COCCC1C[C@@H](NC(=O)OCC[Si](C)(C)C)C(c2ccc(F)c(F)c2)O1. The van der Waals surface area contributed by atoms with Crippen molar-refractivity contribution in [3.63, 3.8) is 0 Å². The minimum absolute atomic E-state index is 0.143. The maximum absolute atomic E-state index is 13.6. The molecule has 8 heteroatoms. The molecule has 3 atom stereocenters. The second-order valence-electron chi connectivity index (χ2n) is 8.07. The Kier molecular flexibility index (Phi) is 7.76. The molecule has 2 rings (SSSR count). The Morgan fingerprint density at radius 2 is 2.00 bits per heavy atom. The van der Waals surface area contributed by atoms with E-state index in [1.807, 2.05) is 0 Å². The summed E-state index contributed by atoms with van der Waals surface area (Å²) in [6, 6.07) is 4.16. The first kappa shape index (κ1) is 21.8. The molecule has 5 nitrogen and oxygen atoms in total. The molecule has 27 heavy (non-hydrogen) atoms. The van der Waals surface area contributed by atoms with Crippen LogP contribution in [-0.2, 0) is 14.2 Å². The third-order valence-electron chi connectivity index (χ3n) is 4.53. The Hall–Kier alpha value is -1.51. The third kappa shape index (κ3) is 6.86. The lowest BCUT2D eigenvalue weighted by Gasteiger charge is -2.21. The third-order valence-corrected chi connectivity index (χ3v) is 6.23. The Balaban J connectivity index is 2.02. The molecule has 0 aromatic heterocycles. The summed E-state index contributed by atoms with van der Waals surface area (Å²) < 4.78 is 43.3. The largest absolute Gasteiger partial charge is 0.450 e. The average molecular weight is 402 g/mol. The minimum Gasteiger partial charge on any atom is -0.450 e. The van der Waals surface area contributed by atoms with Crippen LogP contribution in [0, 0.1) is 11.6 Å². The van der Waals surface area contributed by atoms with Gasteiger partial charge in [0.15, 0.2) is 11.6 Å². The van der Waals surface area contributed by atoms with Crippen molar-refractivity contribution in [3.8, 4) is 0 Å². The molecular weight excluding hydrogens is 372 g/mol. The minimum atomic E-state index is -1.29. The summed E-state index contributed by atoms with van der Waals surface area (Å²) in [6.07, 6.45) is -0.0148. The van der Waals surface area contributed by atoms with Gasteiger partial charge in [-0.2, -0.15) is 0 Å². The van der Waals surface area contributed by atoms with Crippen molar-refractivity contribution in [2.45, 2.75) is 56.8 Å². The number of amides is 1. The smallest absolute Gasteiger partial charge is 0.407 e. The number of hydrogen-bond acceptors (Lipinski definition) is 4. The molecule has 0 radical (unpaired) electrons. The van der Waals surface area contributed by atoms with Gasteiger partial charge in [-0.15, -0.1) is 0 Å². The van der Waals surface area contributed by atoms with Crippen LogP contribution in [0.5, 0.6) is 0 Å². The van der Waals surface area contributed by atoms with Crippen LogP contribution in [0.25, 0.3) is 0 Å². The molecule has 0 spiro atoms. The van der Waals surface area contributed by atoms with Gasteiger partial charge in [-0.05, 0) is 36.6 Å². The lowest BCUT2D eigenvalue weighted by atomic mass is 10.0. The second-order valence-corrected chi connectivity index (χ2v) is 13.7. The maximum Gasteiger partial charge on any atom is 0.407 e. The lowest BCUT2D eigenvalue weighted by Crippen LogP contribution is -2.38. The van der Waals surface area contributed by atoms with Crippen molar-refractivity contribution in [1.29, 1.82) is 0 Å². The van der Waals surface area contributed by atoms with Gasteiger partial charge in [-0.3, -0.25) is 0 Å². The standard InChI is InChI=1S/C19H29F2NO4Si/c1-24-8-7-14-12-17(22-19(23)25-9-10-27(2,3)4)18(26-14)13-5-6-15(20)16(21)11-13/h5-6,11,14,17-18H,7-10,12H2,1-4H3,(H,22,23)/t14?,17-,18?/m1/s1. The van der Waals surface area contributed by atoms with Gasteiger partial charge in [0.25, 0.3) is 0 Å². The molecular formula is C19H29F2NO4Si. The van der Waals surface area contributed by atoms with E-state index >= 15 is 0 Å². The fraction of sp³-hybridized carbons (Fsp3) is 0.632. The van der Waals surface area contributed by atoms with E-state index in [1.54, 1.807) is 7.11 Å². The molecule has 2 unspecified atom stereocenters. The molecule has 0 saturated carbocycles. The Morgan fingerprint density at radius 1 is 1.26 bits per heavy atom. The van der Waals surface area contributed by atoms with Crippen LogP contribution >= 0.6 is 0 Å². The molecule has 1 aromatic rings. The van der Waals surface area contributed by atoms with Crippen LogP contribution in [-0.4, -0.2) is 46.6 Å². The van der Waals surface area contributed by atoms with Gasteiger partial charge in [-0.25, -0.2) is 13.6 Å². The quantitative estimate of drug-likeness (QED) is 0.661. The first-order valence-corrected chi connectivity index (χ1v) is 12.9. The molecule has 1 amide bonds. The zero-order valence-electron chi connectivity index (χ0n) is 16.4. The van der Waals surface area contributed by atoms with Crippen molar-refractivity contribution in [1.82, 2.24) is 5.32 Å². The molecule has 1 N–H and O–H groups in total. The summed E-state index contributed by atoms with van der Waals surface area (Å²) in [5.74, 6) is -1.85. The number of rotatable bonds is 8. The van der Waals surface area contributed by atoms with Crippen LogP contribution in [0.3, 0.4) is 0 Å². The summed E-state index contributed by atoms with van der Waals surface area (Å²) in [4.78, 5) is 12.2. The normalized spacial score (nSPS) is 22.7. The van der Waals surface area contributed by atoms with Gasteiger partial charge in [-0.1, -0.05) is 25.7 Å². The van der Waals surface area contributed by atoms with E-state index < -0.39 is 31.9 Å². The van der Waals surface area contributed by atoms with E-state index in [0.717, 1.165) is 18.2 Å². The molecule has 1 fully saturated rings. The van der Waals surface area contributed by atoms with Gasteiger partial charge < -0.3 is 19.5 Å². The summed E-state index contributed by atoms with van der Waals surface area (Å²) in [5, 5.41) is 2.83. The zero-order chi connectivity index (χ0) is 20.0. The Labute approximate surface area is 160 Å². The first-order chi connectivity index (χ1) is 12.7. The monoisotopic (exact) mass is 401 g/mol. The highest BCUT2D eigenvalue weighted by Gasteiger charge is 2.37. The summed E-state index contributed by atoms with van der Waals surface area (Å²) in [6.45, 7) is 7.51. The molecule has 1 saturated heterocycles. The summed E-state index contributed by atoms with van der Waals surface area (Å²) >= 11 is 0. The number of halogens is 2. The van der Waals surface area contributed by atoms with Crippen LogP contribution < -0.4 is 5.32 Å². The van der Waals surface area contributed by atoms with Crippen LogP contribution in [0.2, 0.25) is 25.7 Å². The molecule has 1 aliphatic heterocycles. The Bertz CT molecular complexity index is 639. The first-order valence-electron chi connectivity index (χ1n) is 9.22. The van der Waals surface area contributed by atoms with Gasteiger partial charge in [0.05, 0.1) is 18.8 Å². The number of alkyl carbamates (subject to hydrolysis) is 1. The van der Waals surface area contributed by atoms with Crippen LogP contribution in [0.15, 0.2) is 18.2 Å². The van der Waals surface area contributed by atoms with Crippen LogP contribution in [0.4, 0.5) is 13.6 Å². The highest BCUT2D eigenvalue weighted by atomic mass is 28.3. The van der Waals surface area contributed by atoms with Crippen molar-refractivity contribution in [2.75, 3.05) is 20.3 Å². The molecule has 1 heterocycles. The predicted molar refractivity (Wildman–Crippen MR) is 102 cm³/mol. The molecule has 1 aromatic carbocycles. The van der Waals surface area contributed by atoms with E-state index in [4.69, 9.17) is 14.2 Å². The summed E-state index contributed by atoms with van der Waals surface area (Å²) in [5.41, 5.74) is 0.487. The number of nitrogens with one attached hydrogen (secondary N) is 1. The number of hydrogen-bond donors (Lipinski definition) is 1.